The van der Waals surface area contributed by atoms with Gasteiger partial charge < -0.3 is 36.3 Å². The standard InChI is InChI=1S/C32H35N11O14S/c1-31(2,3)14-24(44)37-23(28(47)48)15-58-12-11-22(27(45)46)38-29(49)32(43(56)57)21-10-7-18(13-20(21)25(41(52)53)26(39(32)4)42(54)55)36-30(34-16-33)35-17-5-8-19(9-6-17)40(50)51/h5-10,13,22-23H,11-12,14-15H2,1-4H3,(H,37,44)(H,38,49)(H,45,46)(H,47,48)(H2,34,35,36). The van der Waals surface area contributed by atoms with Gasteiger partial charge in [0.2, 0.25) is 11.9 Å². The van der Waals surface area contributed by atoms with Gasteiger partial charge in [-0.1, -0.05) is 20.8 Å². The Kier molecular flexibility index (Phi) is 14.3. The van der Waals surface area contributed by atoms with Gasteiger partial charge in [0, 0.05) is 30.0 Å². The summed E-state index contributed by atoms with van der Waals surface area (Å²) in [5.74, 6) is -7.68. The summed E-state index contributed by atoms with van der Waals surface area (Å²) in [4.78, 5) is 98.8. The third-order valence-corrected chi connectivity index (χ3v) is 9.20. The number of hydrogen-bond acceptors (Lipinski definition) is 16. The minimum Gasteiger partial charge on any atom is -0.480 e. The molecule has 3 atom stereocenters. The number of rotatable bonds is 17. The number of hydrogen-bond donors (Lipinski definition) is 6. The molecule has 0 radical (unpaired) electrons. The van der Waals surface area contributed by atoms with E-state index in [2.05, 4.69) is 20.9 Å². The van der Waals surface area contributed by atoms with Crippen LogP contribution in [-0.4, -0.2) is 95.2 Å². The van der Waals surface area contributed by atoms with Crippen molar-refractivity contribution in [3.63, 3.8) is 0 Å². The van der Waals surface area contributed by atoms with Gasteiger partial charge in [-0.25, -0.2) is 14.6 Å². The predicted octanol–water partition coefficient (Wildman–Crippen LogP) is 2.02. The van der Waals surface area contributed by atoms with E-state index in [1.807, 2.05) is 5.32 Å². The van der Waals surface area contributed by atoms with Gasteiger partial charge in [0.25, 0.3) is 5.69 Å². The quantitative estimate of drug-likeness (QED) is 0.0252. The molecule has 1 aliphatic heterocycles. The number of anilines is 1. The summed E-state index contributed by atoms with van der Waals surface area (Å²) in [5, 5.41) is 86.6. The Balaban J connectivity index is 2.03. The predicted molar refractivity (Wildman–Crippen MR) is 201 cm³/mol. The number of nitro groups is 4. The third kappa shape index (κ3) is 10.4. The molecule has 0 saturated heterocycles. The SMILES string of the molecule is CN1C([N+](=O)[O-])=C([N+](=O)[O-])c2cc(NC(=Nc3ccc([N+](=O)[O-])cc3)NC#N)ccc2C1(C(=O)NC(CCSCC(NC(=O)CC(C)(C)C)C(=O)O)C(=O)O)[N+](=O)[O-]. The molecule has 1 heterocycles. The number of benzene rings is 2. The second-order valence-corrected chi connectivity index (χ2v) is 14.6. The normalized spacial score (nSPS) is 16.1. The number of carboxylic acids is 2. The topological polar surface area (TPSA) is 369 Å². The third-order valence-electron chi connectivity index (χ3n) is 8.10. The van der Waals surface area contributed by atoms with Crippen LogP contribution in [0, 0.1) is 57.3 Å². The summed E-state index contributed by atoms with van der Waals surface area (Å²) >= 11 is 0.877. The van der Waals surface area contributed by atoms with E-state index in [-0.39, 0.29) is 45.8 Å². The molecule has 3 unspecified atom stereocenters. The lowest BCUT2D eigenvalue weighted by molar-refractivity contribution is -0.603. The van der Waals surface area contributed by atoms with Crippen molar-refractivity contribution < 1.29 is 49.1 Å². The highest BCUT2D eigenvalue weighted by Crippen LogP contribution is 2.44. The van der Waals surface area contributed by atoms with Crippen molar-refractivity contribution in [2.45, 2.75) is 51.4 Å². The van der Waals surface area contributed by atoms with E-state index in [4.69, 9.17) is 0 Å². The van der Waals surface area contributed by atoms with Crippen molar-refractivity contribution in [3.8, 4) is 6.19 Å². The summed E-state index contributed by atoms with van der Waals surface area (Å²) < 4.78 is 0. The van der Waals surface area contributed by atoms with Gasteiger partial charge in [-0.05, 0) is 52.8 Å². The molecule has 0 aromatic heterocycles. The minimum absolute atomic E-state index is 0.0106. The number of nitriles is 1. The van der Waals surface area contributed by atoms with Gasteiger partial charge in [-0.15, -0.1) is 0 Å². The van der Waals surface area contributed by atoms with Crippen LogP contribution in [0.25, 0.3) is 5.70 Å². The van der Waals surface area contributed by atoms with Gasteiger partial charge in [-0.2, -0.15) is 21.9 Å². The zero-order valence-corrected chi connectivity index (χ0v) is 31.7. The van der Waals surface area contributed by atoms with Crippen LogP contribution >= 0.6 is 11.8 Å². The maximum atomic E-state index is 14.0. The second-order valence-electron chi connectivity index (χ2n) is 13.5. The molecule has 58 heavy (non-hydrogen) atoms. The molecule has 1 aliphatic rings. The van der Waals surface area contributed by atoms with Crippen molar-refractivity contribution in [3.05, 3.63) is 99.9 Å². The second kappa shape index (κ2) is 18.5. The van der Waals surface area contributed by atoms with Crippen molar-refractivity contribution >= 4 is 64.2 Å². The average Bonchev–Trinajstić information content (AvgIpc) is 3.10. The molecule has 0 spiro atoms. The number of amides is 2. The lowest BCUT2D eigenvalue weighted by Gasteiger charge is -2.33. The first-order valence-electron chi connectivity index (χ1n) is 16.5. The van der Waals surface area contributed by atoms with Crippen LogP contribution in [0.15, 0.2) is 53.3 Å². The van der Waals surface area contributed by atoms with E-state index in [9.17, 15) is 75.1 Å². The van der Waals surface area contributed by atoms with E-state index in [0.717, 1.165) is 42.1 Å². The van der Waals surface area contributed by atoms with Crippen LogP contribution in [0.5, 0.6) is 0 Å². The Labute approximate surface area is 330 Å². The van der Waals surface area contributed by atoms with Crippen molar-refractivity contribution in [2.24, 2.45) is 10.4 Å². The Morgan fingerprint density at radius 2 is 1.55 bits per heavy atom. The first kappa shape index (κ1) is 45.0. The number of likely N-dealkylation sites (N-methyl/N-ethyl adjacent to an activating group) is 1. The van der Waals surface area contributed by atoms with Crippen LogP contribution in [0.1, 0.15) is 44.7 Å². The highest BCUT2D eigenvalue weighted by Gasteiger charge is 2.69. The number of nitro benzene ring substituents is 1. The molecule has 308 valence electrons. The molecular weight excluding hydrogens is 794 g/mol. The molecule has 0 saturated carbocycles. The fourth-order valence-electron chi connectivity index (χ4n) is 5.58. The Morgan fingerprint density at radius 3 is 2.05 bits per heavy atom. The maximum absolute atomic E-state index is 14.0. The number of fused-ring (bicyclic) bond motifs is 1. The molecule has 2 aromatic carbocycles. The number of aliphatic carboxylic acids is 2. The van der Waals surface area contributed by atoms with Crippen LogP contribution in [0.3, 0.4) is 0 Å². The zero-order valence-electron chi connectivity index (χ0n) is 30.9. The zero-order chi connectivity index (χ0) is 43.7. The van der Waals surface area contributed by atoms with Gasteiger partial charge in [-0.3, -0.25) is 45.2 Å². The number of carbonyl (C=O) groups excluding carboxylic acids is 2. The maximum Gasteiger partial charge on any atom is 0.460 e. The molecule has 26 heteroatoms. The van der Waals surface area contributed by atoms with Crippen LogP contribution in [0.4, 0.5) is 17.1 Å². The highest BCUT2D eigenvalue weighted by atomic mass is 32.2. The molecule has 6 N–H and O–H groups in total. The van der Waals surface area contributed by atoms with Crippen LogP contribution in [0.2, 0.25) is 0 Å². The van der Waals surface area contributed by atoms with E-state index in [1.54, 1.807) is 27.0 Å². The number of nitrogens with one attached hydrogen (secondary N) is 4. The number of thioether (sulfide) groups is 1. The fourth-order valence-corrected chi connectivity index (χ4v) is 6.61. The van der Waals surface area contributed by atoms with Crippen molar-refractivity contribution in [1.82, 2.24) is 20.9 Å². The first-order valence-corrected chi connectivity index (χ1v) is 17.7. The number of nitrogens with zero attached hydrogens (tertiary/aromatic N) is 7. The van der Waals surface area contributed by atoms with E-state index >= 15 is 0 Å². The number of non-ortho nitro benzene ring substituents is 1. The lowest BCUT2D eigenvalue weighted by Crippen LogP contribution is -2.64. The van der Waals surface area contributed by atoms with E-state index in [0.29, 0.717) is 7.05 Å². The van der Waals surface area contributed by atoms with Crippen LogP contribution in [-0.2, 0) is 24.8 Å². The van der Waals surface area contributed by atoms with Gasteiger partial charge >= 0.3 is 35.0 Å². The molecule has 2 aromatic rings. The van der Waals surface area contributed by atoms with Crippen LogP contribution < -0.4 is 21.3 Å². The average molecular weight is 830 g/mol. The summed E-state index contributed by atoms with van der Waals surface area (Å²) in [6.45, 7) is 5.30. The number of aliphatic imine (C=N–C) groups is 1. The van der Waals surface area contributed by atoms with Gasteiger partial charge in [0.05, 0.1) is 38.6 Å². The highest BCUT2D eigenvalue weighted by molar-refractivity contribution is 7.99. The van der Waals surface area contributed by atoms with Gasteiger partial charge in [0.1, 0.15) is 12.1 Å². The number of carbonyl (C=O) groups is 4. The summed E-state index contributed by atoms with van der Waals surface area (Å²) in [5.41, 5.74) is -7.20. The monoisotopic (exact) mass is 829 g/mol. The Bertz CT molecular complexity index is 2130. The molecule has 0 aliphatic carbocycles. The van der Waals surface area contributed by atoms with Gasteiger partial charge in [0.15, 0.2) is 6.19 Å². The molecular formula is C32H35N11O14S. The summed E-state index contributed by atoms with van der Waals surface area (Å²) in [6.07, 6.45) is 1.11. The van der Waals surface area contributed by atoms with E-state index < -0.39 is 95.7 Å². The molecule has 25 nitrogen and oxygen atoms in total. The number of guanidine groups is 1. The molecule has 3 rings (SSSR count). The summed E-state index contributed by atoms with van der Waals surface area (Å²) in [6, 6.07) is 4.07. The Morgan fingerprint density at radius 1 is 0.931 bits per heavy atom. The molecule has 0 fully saturated rings. The Hall–Kier alpha value is -7.43. The first-order chi connectivity index (χ1) is 27.0. The summed E-state index contributed by atoms with van der Waals surface area (Å²) in [7, 11) is 0.663. The minimum atomic E-state index is -3.40. The van der Waals surface area contributed by atoms with Crippen molar-refractivity contribution in [1.29, 1.82) is 5.26 Å². The molecule has 0 bridgehead atoms. The lowest BCUT2D eigenvalue weighted by atomic mass is 9.86. The largest absolute Gasteiger partial charge is 0.480 e. The van der Waals surface area contributed by atoms with Crippen molar-refractivity contribution in [2.75, 3.05) is 23.9 Å². The number of carboxylic acid groups (broad SMARTS) is 2. The van der Waals surface area contributed by atoms with E-state index in [1.165, 1.54) is 12.1 Å². The fraction of sp³-hybridized carbons (Fsp3) is 0.375. The molecule has 2 amide bonds. The smallest absolute Gasteiger partial charge is 0.460 e.